The molecule has 1 unspecified atom stereocenters. The number of hydrogen-bond acceptors (Lipinski definition) is 5. The van der Waals surface area contributed by atoms with E-state index in [0.29, 0.717) is 11.4 Å². The van der Waals surface area contributed by atoms with E-state index in [4.69, 9.17) is 9.84 Å². The van der Waals surface area contributed by atoms with Crippen molar-refractivity contribution in [2.45, 2.75) is 51.7 Å². The number of aromatic nitrogens is 1. The second-order valence-corrected chi connectivity index (χ2v) is 9.30. The summed E-state index contributed by atoms with van der Waals surface area (Å²) in [6.45, 7) is 8.19. The summed E-state index contributed by atoms with van der Waals surface area (Å²) in [4.78, 5) is 32.3. The number of aliphatic carboxylic acids is 1. The van der Waals surface area contributed by atoms with E-state index in [2.05, 4.69) is 34.1 Å². The van der Waals surface area contributed by atoms with Crippen molar-refractivity contribution in [1.29, 1.82) is 0 Å². The van der Waals surface area contributed by atoms with Gasteiger partial charge in [-0.25, -0.2) is 14.6 Å². The third kappa shape index (κ3) is 7.71. The first-order valence-electron chi connectivity index (χ1n) is 11.4. The Hall–Kier alpha value is -3.19. The molecule has 1 aliphatic rings. The SMILES string of the molecule is CC(C)(C)OC(=O)N(c1ccc(/C=C/C(=O)O)cn1)C1CCN(CCCc2ccccc2)C1. The summed E-state index contributed by atoms with van der Waals surface area (Å²) in [5.74, 6) is -0.513. The summed E-state index contributed by atoms with van der Waals surface area (Å²) in [6.07, 6.45) is 6.62. The minimum absolute atomic E-state index is 0.0375. The molecule has 3 rings (SSSR count). The van der Waals surface area contributed by atoms with Crippen LogP contribution in [0.15, 0.2) is 54.7 Å². The van der Waals surface area contributed by atoms with Gasteiger partial charge in [0.25, 0.3) is 0 Å². The summed E-state index contributed by atoms with van der Waals surface area (Å²) < 4.78 is 5.69. The van der Waals surface area contributed by atoms with Crippen LogP contribution in [0.3, 0.4) is 0 Å². The monoisotopic (exact) mass is 451 g/mol. The molecule has 7 heteroatoms. The maximum Gasteiger partial charge on any atom is 0.416 e. The third-order valence-corrected chi connectivity index (χ3v) is 5.42. The molecule has 0 radical (unpaired) electrons. The molecule has 33 heavy (non-hydrogen) atoms. The highest BCUT2D eigenvalue weighted by Gasteiger charge is 2.35. The predicted molar refractivity (Wildman–Crippen MR) is 129 cm³/mol. The number of likely N-dealkylation sites (tertiary alicyclic amines) is 1. The van der Waals surface area contributed by atoms with Crippen molar-refractivity contribution in [2.24, 2.45) is 0 Å². The Kier molecular flexibility index (Phi) is 8.22. The van der Waals surface area contributed by atoms with E-state index >= 15 is 0 Å². The number of ether oxygens (including phenoxy) is 1. The zero-order valence-electron chi connectivity index (χ0n) is 19.6. The van der Waals surface area contributed by atoms with Crippen LogP contribution in [0.4, 0.5) is 10.6 Å². The maximum atomic E-state index is 13.1. The molecule has 0 spiro atoms. The van der Waals surface area contributed by atoms with Crippen molar-refractivity contribution in [3.05, 3.63) is 65.9 Å². The standard InChI is InChI=1S/C26H33N3O4/c1-26(2,3)33-25(32)29(23-13-11-21(18-27-23)12-14-24(30)31)22-15-17-28(19-22)16-7-10-20-8-5-4-6-9-20/h4-6,8-9,11-14,18,22H,7,10,15-17,19H2,1-3H3,(H,30,31)/b14-12+. The van der Waals surface area contributed by atoms with Crippen LogP contribution in [0.2, 0.25) is 0 Å². The van der Waals surface area contributed by atoms with Crippen LogP contribution in [0.25, 0.3) is 6.08 Å². The van der Waals surface area contributed by atoms with Gasteiger partial charge in [-0.15, -0.1) is 0 Å². The number of carbonyl (C=O) groups excluding carboxylic acids is 1. The summed E-state index contributed by atoms with van der Waals surface area (Å²) in [5.41, 5.74) is 1.37. The minimum Gasteiger partial charge on any atom is -0.478 e. The van der Waals surface area contributed by atoms with Crippen molar-refractivity contribution >= 4 is 24.0 Å². The third-order valence-electron chi connectivity index (χ3n) is 5.42. The summed E-state index contributed by atoms with van der Waals surface area (Å²) in [5, 5.41) is 8.81. The maximum absolute atomic E-state index is 13.1. The molecular formula is C26H33N3O4. The lowest BCUT2D eigenvalue weighted by Gasteiger charge is -2.31. The highest BCUT2D eigenvalue weighted by Crippen LogP contribution is 2.25. The molecule has 7 nitrogen and oxygen atoms in total. The topological polar surface area (TPSA) is 83.0 Å². The van der Waals surface area contributed by atoms with Gasteiger partial charge in [-0.3, -0.25) is 4.90 Å². The van der Waals surface area contributed by atoms with Crippen molar-refractivity contribution in [2.75, 3.05) is 24.5 Å². The van der Waals surface area contributed by atoms with E-state index in [1.54, 1.807) is 23.2 Å². The lowest BCUT2D eigenvalue weighted by molar-refractivity contribution is -0.131. The first kappa shape index (κ1) is 24.5. The van der Waals surface area contributed by atoms with Gasteiger partial charge in [0.05, 0.1) is 6.04 Å². The molecule has 1 amide bonds. The smallest absolute Gasteiger partial charge is 0.416 e. The number of pyridine rings is 1. The number of anilines is 1. The van der Waals surface area contributed by atoms with E-state index < -0.39 is 17.7 Å². The Balaban J connectivity index is 1.68. The number of carboxylic acids is 1. The normalized spacial score (nSPS) is 16.8. The molecule has 176 valence electrons. The van der Waals surface area contributed by atoms with Crippen LogP contribution in [0.1, 0.15) is 44.7 Å². The Morgan fingerprint density at radius 3 is 2.61 bits per heavy atom. The van der Waals surface area contributed by atoms with Crippen LogP contribution in [-0.4, -0.2) is 58.3 Å². The first-order valence-corrected chi connectivity index (χ1v) is 11.4. The number of carboxylic acid groups (broad SMARTS) is 1. The van der Waals surface area contributed by atoms with Crippen LogP contribution in [0, 0.1) is 0 Å². The van der Waals surface area contributed by atoms with Crippen LogP contribution >= 0.6 is 0 Å². The molecule has 0 aliphatic carbocycles. The molecule has 1 aromatic heterocycles. The van der Waals surface area contributed by atoms with E-state index in [1.165, 1.54) is 11.6 Å². The minimum atomic E-state index is -1.02. The van der Waals surface area contributed by atoms with Gasteiger partial charge in [0.15, 0.2) is 0 Å². The molecule has 1 N–H and O–H groups in total. The Bertz CT molecular complexity index is 952. The van der Waals surface area contributed by atoms with E-state index in [9.17, 15) is 9.59 Å². The van der Waals surface area contributed by atoms with Crippen molar-refractivity contribution in [1.82, 2.24) is 9.88 Å². The highest BCUT2D eigenvalue weighted by molar-refractivity contribution is 5.88. The second-order valence-electron chi connectivity index (χ2n) is 9.30. The van der Waals surface area contributed by atoms with Gasteiger partial charge >= 0.3 is 12.1 Å². The molecule has 1 saturated heterocycles. The lowest BCUT2D eigenvalue weighted by Crippen LogP contribution is -2.45. The fourth-order valence-electron chi connectivity index (χ4n) is 3.92. The Morgan fingerprint density at radius 2 is 1.97 bits per heavy atom. The van der Waals surface area contributed by atoms with Gasteiger partial charge in [-0.1, -0.05) is 30.3 Å². The van der Waals surface area contributed by atoms with Gasteiger partial charge in [0, 0.05) is 25.4 Å². The van der Waals surface area contributed by atoms with E-state index in [-0.39, 0.29) is 6.04 Å². The van der Waals surface area contributed by atoms with Crippen molar-refractivity contribution < 1.29 is 19.4 Å². The highest BCUT2D eigenvalue weighted by atomic mass is 16.6. The number of benzene rings is 1. The van der Waals surface area contributed by atoms with Crippen molar-refractivity contribution in [3.8, 4) is 0 Å². The zero-order chi connectivity index (χ0) is 23.8. The van der Waals surface area contributed by atoms with Crippen LogP contribution in [-0.2, 0) is 16.0 Å². The number of carbonyl (C=O) groups is 2. The molecule has 0 saturated carbocycles. The van der Waals surface area contributed by atoms with Gasteiger partial charge < -0.3 is 14.7 Å². The molecule has 1 fully saturated rings. The van der Waals surface area contributed by atoms with Gasteiger partial charge in [0.1, 0.15) is 11.4 Å². The molecule has 1 atom stereocenters. The molecular weight excluding hydrogens is 418 g/mol. The average molecular weight is 452 g/mol. The fourth-order valence-corrected chi connectivity index (χ4v) is 3.92. The first-order chi connectivity index (χ1) is 15.7. The molecule has 2 heterocycles. The molecule has 1 aromatic carbocycles. The van der Waals surface area contributed by atoms with E-state index in [1.807, 2.05) is 26.8 Å². The van der Waals surface area contributed by atoms with Crippen molar-refractivity contribution in [3.63, 3.8) is 0 Å². The number of nitrogens with zero attached hydrogens (tertiary/aromatic N) is 3. The van der Waals surface area contributed by atoms with Gasteiger partial charge in [0.2, 0.25) is 0 Å². The van der Waals surface area contributed by atoms with Gasteiger partial charge in [-0.2, -0.15) is 0 Å². The molecule has 2 aromatic rings. The van der Waals surface area contributed by atoms with Crippen LogP contribution in [0.5, 0.6) is 0 Å². The number of rotatable bonds is 8. The Morgan fingerprint density at radius 1 is 1.21 bits per heavy atom. The largest absolute Gasteiger partial charge is 0.478 e. The quantitative estimate of drug-likeness (QED) is 0.590. The van der Waals surface area contributed by atoms with E-state index in [0.717, 1.165) is 45.0 Å². The summed E-state index contributed by atoms with van der Waals surface area (Å²) >= 11 is 0. The summed E-state index contributed by atoms with van der Waals surface area (Å²) in [7, 11) is 0. The van der Waals surface area contributed by atoms with Gasteiger partial charge in [-0.05, 0) is 75.9 Å². The second kappa shape index (κ2) is 11.1. The van der Waals surface area contributed by atoms with Crippen LogP contribution < -0.4 is 4.90 Å². The molecule has 1 aliphatic heterocycles. The number of aryl methyl sites for hydroxylation is 1. The predicted octanol–water partition coefficient (Wildman–Crippen LogP) is 4.63. The summed E-state index contributed by atoms with van der Waals surface area (Å²) in [6, 6.07) is 13.9. The lowest BCUT2D eigenvalue weighted by atomic mass is 10.1. The Labute approximate surface area is 195 Å². The average Bonchev–Trinajstić information content (AvgIpc) is 3.21. The molecule has 0 bridgehead atoms. The number of hydrogen-bond donors (Lipinski definition) is 1. The zero-order valence-corrected chi connectivity index (χ0v) is 19.6. The fraction of sp³-hybridized carbons (Fsp3) is 0.423. The number of amides is 1.